The Hall–Kier alpha value is -5.90. The summed E-state index contributed by atoms with van der Waals surface area (Å²) in [6, 6.07) is 58.0. The van der Waals surface area contributed by atoms with Gasteiger partial charge < -0.3 is 9.13 Å². The largest absolute Gasteiger partial charge is 0.309 e. The Labute approximate surface area is 273 Å². The van der Waals surface area contributed by atoms with E-state index in [1.165, 1.54) is 85.3 Å². The Kier molecular flexibility index (Phi) is 5.02. The molecule has 3 heteroatoms. The average Bonchev–Trinajstić information content (AvgIpc) is 3.80. The molecule has 0 bridgehead atoms. The quantitative estimate of drug-likeness (QED) is 0.171. The maximum Gasteiger partial charge on any atom is 0.0726 e. The number of thiophene rings is 1. The molecule has 0 amide bonds. The van der Waals surface area contributed by atoms with Gasteiger partial charge in [-0.3, -0.25) is 0 Å². The van der Waals surface area contributed by atoms with Crippen molar-refractivity contribution in [3.05, 3.63) is 158 Å². The van der Waals surface area contributed by atoms with Gasteiger partial charge in [-0.25, -0.2) is 0 Å². The molecular weight excluding hydrogens is 589 g/mol. The molecule has 47 heavy (non-hydrogen) atoms. The van der Waals surface area contributed by atoms with Crippen molar-refractivity contribution in [1.29, 1.82) is 0 Å². The molecule has 0 aliphatic heterocycles. The summed E-state index contributed by atoms with van der Waals surface area (Å²) in [5, 5.41) is 13.1. The molecule has 0 unspecified atom stereocenters. The van der Waals surface area contributed by atoms with Gasteiger partial charge in [0.25, 0.3) is 0 Å². The second-order valence-corrected chi connectivity index (χ2v) is 13.5. The lowest BCUT2D eigenvalue weighted by atomic mass is 9.94. The summed E-state index contributed by atoms with van der Waals surface area (Å²) in [6.07, 6.45) is 0. The van der Waals surface area contributed by atoms with Crippen LogP contribution in [0.3, 0.4) is 0 Å². The number of fused-ring (bicyclic) bond motifs is 15. The smallest absolute Gasteiger partial charge is 0.0726 e. The van der Waals surface area contributed by atoms with Gasteiger partial charge in [0, 0.05) is 48.4 Å². The highest BCUT2D eigenvalue weighted by Crippen LogP contribution is 2.49. The van der Waals surface area contributed by atoms with Gasteiger partial charge in [-0.1, -0.05) is 115 Å². The molecule has 0 fully saturated rings. The minimum absolute atomic E-state index is 1.16. The fraction of sp³-hybridized carbons (Fsp3) is 0. The number of aromatic nitrogens is 2. The van der Waals surface area contributed by atoms with Crippen LogP contribution in [0.2, 0.25) is 0 Å². The van der Waals surface area contributed by atoms with E-state index < -0.39 is 0 Å². The second kappa shape index (κ2) is 9.32. The fourth-order valence-electron chi connectivity index (χ4n) is 8.18. The first-order valence-corrected chi connectivity index (χ1v) is 16.9. The van der Waals surface area contributed by atoms with Crippen molar-refractivity contribution in [3.8, 4) is 11.4 Å². The van der Waals surface area contributed by atoms with Crippen LogP contribution in [0.25, 0.3) is 96.7 Å². The molecular formula is C44H26N2S. The molecule has 2 nitrogen and oxygen atoms in total. The van der Waals surface area contributed by atoms with E-state index >= 15 is 0 Å². The second-order valence-electron chi connectivity index (χ2n) is 12.5. The first kappa shape index (κ1) is 25.3. The highest BCUT2D eigenvalue weighted by Gasteiger charge is 2.23. The predicted octanol–water partition coefficient (Wildman–Crippen LogP) is 12.6. The van der Waals surface area contributed by atoms with Crippen LogP contribution in [0.1, 0.15) is 0 Å². The summed E-state index contributed by atoms with van der Waals surface area (Å²) in [7, 11) is 0. The van der Waals surface area contributed by atoms with Crippen LogP contribution in [-0.2, 0) is 0 Å². The van der Waals surface area contributed by atoms with Gasteiger partial charge in [0.05, 0.1) is 26.8 Å². The first-order valence-electron chi connectivity index (χ1n) is 16.1. The Morgan fingerprint density at radius 3 is 1.68 bits per heavy atom. The van der Waals surface area contributed by atoms with Crippen LogP contribution in [0.5, 0.6) is 0 Å². The van der Waals surface area contributed by atoms with Gasteiger partial charge in [-0.05, 0) is 64.0 Å². The summed E-state index contributed by atoms with van der Waals surface area (Å²) in [5.74, 6) is 0. The number of hydrogen-bond donors (Lipinski definition) is 0. The minimum atomic E-state index is 1.16. The molecule has 0 N–H and O–H groups in total. The van der Waals surface area contributed by atoms with Gasteiger partial charge in [-0.2, -0.15) is 0 Å². The van der Waals surface area contributed by atoms with Crippen LogP contribution < -0.4 is 0 Å². The van der Waals surface area contributed by atoms with Crippen molar-refractivity contribution in [2.75, 3.05) is 0 Å². The standard InChI is InChI=1S/C44H26N2S/c1-2-15-30-27(12-1)24-25-35-40(30)42-34-19-6-10-23-39(34)47-44(42)43-41(35)33-18-5-9-22-38(33)46(43)29-14-11-13-28(26-29)45-36-20-7-3-16-31(36)32-17-4-8-21-37(32)45/h1-26H. The van der Waals surface area contributed by atoms with Crippen LogP contribution >= 0.6 is 11.3 Å². The normalized spacial score (nSPS) is 12.3. The van der Waals surface area contributed by atoms with E-state index in [0.29, 0.717) is 0 Å². The molecule has 0 radical (unpaired) electrons. The van der Waals surface area contributed by atoms with E-state index in [9.17, 15) is 0 Å². The van der Waals surface area contributed by atoms with Crippen LogP contribution in [0.15, 0.2) is 158 Å². The predicted molar refractivity (Wildman–Crippen MR) is 203 cm³/mol. The van der Waals surface area contributed by atoms with Gasteiger partial charge in [0.15, 0.2) is 0 Å². The molecule has 0 saturated carbocycles. The Bertz CT molecular complexity index is 3030. The highest BCUT2D eigenvalue weighted by atomic mass is 32.1. The summed E-state index contributed by atoms with van der Waals surface area (Å²) in [5.41, 5.74) is 7.26. The number of hydrogen-bond acceptors (Lipinski definition) is 1. The average molecular weight is 615 g/mol. The molecule has 11 aromatic rings. The highest BCUT2D eigenvalue weighted by molar-refractivity contribution is 7.27. The zero-order chi connectivity index (χ0) is 30.6. The topological polar surface area (TPSA) is 9.86 Å². The Balaban J connectivity index is 1.33. The maximum atomic E-state index is 2.52. The number of para-hydroxylation sites is 3. The number of benzene rings is 8. The zero-order valence-electron chi connectivity index (χ0n) is 25.3. The van der Waals surface area contributed by atoms with Gasteiger partial charge in [-0.15, -0.1) is 11.3 Å². The minimum Gasteiger partial charge on any atom is -0.309 e. The Morgan fingerprint density at radius 2 is 0.936 bits per heavy atom. The van der Waals surface area contributed by atoms with E-state index in [2.05, 4.69) is 167 Å². The molecule has 0 saturated heterocycles. The molecule has 3 aromatic heterocycles. The van der Waals surface area contributed by atoms with E-state index in [1.54, 1.807) is 0 Å². The van der Waals surface area contributed by atoms with Crippen molar-refractivity contribution in [2.45, 2.75) is 0 Å². The molecule has 8 aromatic carbocycles. The van der Waals surface area contributed by atoms with Crippen LogP contribution in [0.4, 0.5) is 0 Å². The maximum absolute atomic E-state index is 2.52. The monoisotopic (exact) mass is 614 g/mol. The molecule has 0 atom stereocenters. The summed E-state index contributed by atoms with van der Waals surface area (Å²) in [4.78, 5) is 0. The summed E-state index contributed by atoms with van der Waals surface area (Å²) < 4.78 is 7.59. The molecule has 0 aliphatic carbocycles. The SMILES string of the molecule is c1cc(-n2c3ccccc3c3ccccc32)cc(-n2c3ccccc3c3c4ccc5ccccc5c4c4c5ccccc5sc4c32)c1. The van der Waals surface area contributed by atoms with E-state index in [1.807, 2.05) is 11.3 Å². The lowest BCUT2D eigenvalue weighted by Crippen LogP contribution is -1.98. The molecule has 11 rings (SSSR count). The van der Waals surface area contributed by atoms with Crippen molar-refractivity contribution in [2.24, 2.45) is 0 Å². The van der Waals surface area contributed by atoms with Gasteiger partial charge in [0.2, 0.25) is 0 Å². The molecule has 3 heterocycles. The van der Waals surface area contributed by atoms with E-state index in [-0.39, 0.29) is 0 Å². The lowest BCUT2D eigenvalue weighted by molar-refractivity contribution is 1.14. The van der Waals surface area contributed by atoms with Crippen molar-refractivity contribution >= 4 is 96.7 Å². The van der Waals surface area contributed by atoms with Gasteiger partial charge in [0.1, 0.15) is 0 Å². The van der Waals surface area contributed by atoms with E-state index in [4.69, 9.17) is 0 Å². The fourth-order valence-corrected chi connectivity index (χ4v) is 9.43. The van der Waals surface area contributed by atoms with Gasteiger partial charge >= 0.3 is 0 Å². The zero-order valence-corrected chi connectivity index (χ0v) is 26.1. The molecule has 218 valence electrons. The first-order chi connectivity index (χ1) is 23.3. The third-order valence-corrected chi connectivity index (χ3v) is 11.2. The van der Waals surface area contributed by atoms with Crippen molar-refractivity contribution in [1.82, 2.24) is 9.13 Å². The van der Waals surface area contributed by atoms with Crippen LogP contribution in [-0.4, -0.2) is 9.13 Å². The molecule has 0 spiro atoms. The van der Waals surface area contributed by atoms with Crippen molar-refractivity contribution in [3.63, 3.8) is 0 Å². The Morgan fingerprint density at radius 1 is 0.362 bits per heavy atom. The third-order valence-electron chi connectivity index (χ3n) is 10.1. The lowest BCUT2D eigenvalue weighted by Gasteiger charge is -2.14. The number of nitrogens with zero attached hydrogens (tertiary/aromatic N) is 2. The van der Waals surface area contributed by atoms with Crippen LogP contribution in [0, 0.1) is 0 Å². The van der Waals surface area contributed by atoms with Crippen molar-refractivity contribution < 1.29 is 0 Å². The molecule has 0 aliphatic rings. The summed E-state index contributed by atoms with van der Waals surface area (Å²) >= 11 is 1.92. The number of rotatable bonds is 2. The van der Waals surface area contributed by atoms with E-state index in [0.717, 1.165) is 11.4 Å². The third kappa shape index (κ3) is 3.34. The summed E-state index contributed by atoms with van der Waals surface area (Å²) in [6.45, 7) is 0.